The van der Waals surface area contributed by atoms with Crippen LogP contribution in [0.15, 0.2) is 193 Å². The third-order valence-electron chi connectivity index (χ3n) is 10.3. The average Bonchev–Trinajstić information content (AvgIpc) is 3.82. The minimum absolute atomic E-state index is 0.539. The van der Waals surface area contributed by atoms with E-state index in [0.29, 0.717) is 17.8 Å². The van der Waals surface area contributed by atoms with Gasteiger partial charge < -0.3 is 4.42 Å². The van der Waals surface area contributed by atoms with Crippen molar-refractivity contribution in [3.05, 3.63) is 204 Å². The predicted molar refractivity (Wildman–Crippen MR) is 239 cm³/mol. The van der Waals surface area contributed by atoms with Gasteiger partial charge in [-0.1, -0.05) is 159 Å². The fourth-order valence-electron chi connectivity index (χ4n) is 7.51. The Bertz CT molecular complexity index is 3160. The Hall–Kier alpha value is -6.88. The SMILES string of the molecule is C=CC(/C(C=C)=C/C=C\Cc1nc(-c2ccccc2)c2oc3ccc(-c4cccc(-c5ccc6ccccc6c5)c4)cc3c2n1)=c1/sc2ccccc2/c1=C/C. The maximum atomic E-state index is 6.53. The number of hydrogen-bond acceptors (Lipinski definition) is 4. The molecule has 3 nitrogen and oxygen atoms in total. The van der Waals surface area contributed by atoms with E-state index in [-0.39, 0.29) is 0 Å². The molecule has 6 aromatic carbocycles. The van der Waals surface area contributed by atoms with Crippen LogP contribution in [0.4, 0.5) is 0 Å². The van der Waals surface area contributed by atoms with Gasteiger partial charge in [-0.25, -0.2) is 9.97 Å². The number of aromatic nitrogens is 2. The highest BCUT2D eigenvalue weighted by Gasteiger charge is 2.18. The first-order valence-corrected chi connectivity index (χ1v) is 19.6. The van der Waals surface area contributed by atoms with Gasteiger partial charge in [0.1, 0.15) is 22.6 Å². The van der Waals surface area contributed by atoms with E-state index >= 15 is 0 Å². The summed E-state index contributed by atoms with van der Waals surface area (Å²) in [6, 6.07) is 49.0. The van der Waals surface area contributed by atoms with E-state index < -0.39 is 0 Å². The van der Waals surface area contributed by atoms with Crippen molar-refractivity contribution in [2.45, 2.75) is 13.3 Å². The van der Waals surface area contributed by atoms with Crippen molar-refractivity contribution in [3.63, 3.8) is 0 Å². The summed E-state index contributed by atoms with van der Waals surface area (Å²) in [6.45, 7) is 10.4. The van der Waals surface area contributed by atoms with E-state index in [1.54, 1.807) is 11.3 Å². The van der Waals surface area contributed by atoms with Gasteiger partial charge in [0.05, 0.1) is 0 Å². The van der Waals surface area contributed by atoms with Crippen LogP contribution in [-0.2, 0) is 6.42 Å². The number of rotatable bonds is 9. The molecule has 0 amide bonds. The highest BCUT2D eigenvalue weighted by Crippen LogP contribution is 2.37. The van der Waals surface area contributed by atoms with E-state index in [9.17, 15) is 0 Å². The number of benzene rings is 6. The lowest BCUT2D eigenvalue weighted by Crippen LogP contribution is -2.21. The molecule has 0 saturated heterocycles. The van der Waals surface area contributed by atoms with Gasteiger partial charge in [-0.3, -0.25) is 0 Å². The first kappa shape index (κ1) is 34.9. The van der Waals surface area contributed by atoms with Crippen molar-refractivity contribution in [2.75, 3.05) is 0 Å². The van der Waals surface area contributed by atoms with E-state index in [0.717, 1.165) is 50.0 Å². The van der Waals surface area contributed by atoms with E-state index in [1.165, 1.54) is 41.7 Å². The van der Waals surface area contributed by atoms with Gasteiger partial charge in [-0.2, -0.15) is 0 Å². The van der Waals surface area contributed by atoms with Crippen LogP contribution in [0.3, 0.4) is 0 Å². The Labute approximate surface area is 330 Å². The lowest BCUT2D eigenvalue weighted by molar-refractivity contribution is 0.666. The molecular weight excluding hydrogens is 701 g/mol. The van der Waals surface area contributed by atoms with E-state index in [4.69, 9.17) is 14.4 Å². The number of fused-ring (bicyclic) bond motifs is 5. The molecular formula is C52H38N2OS. The predicted octanol–water partition coefficient (Wildman–Crippen LogP) is 12.8. The monoisotopic (exact) mass is 738 g/mol. The van der Waals surface area contributed by atoms with Gasteiger partial charge in [-0.05, 0) is 92.0 Å². The van der Waals surface area contributed by atoms with Crippen LogP contribution in [0.1, 0.15) is 12.7 Å². The molecule has 0 bridgehead atoms. The zero-order chi connectivity index (χ0) is 38.0. The van der Waals surface area contributed by atoms with Crippen LogP contribution in [0.25, 0.3) is 88.1 Å². The smallest absolute Gasteiger partial charge is 0.180 e. The van der Waals surface area contributed by atoms with E-state index in [1.807, 2.05) is 30.4 Å². The second kappa shape index (κ2) is 15.1. The van der Waals surface area contributed by atoms with Crippen molar-refractivity contribution in [1.29, 1.82) is 0 Å². The zero-order valence-electron chi connectivity index (χ0n) is 31.1. The first-order chi connectivity index (χ1) is 27.6. The Balaban J connectivity index is 1.09. The average molecular weight is 739 g/mol. The molecule has 0 unspecified atom stereocenters. The number of furan rings is 1. The van der Waals surface area contributed by atoms with Gasteiger partial charge in [-0.15, -0.1) is 11.3 Å². The van der Waals surface area contributed by atoms with Gasteiger partial charge in [0.15, 0.2) is 5.58 Å². The molecule has 56 heavy (non-hydrogen) atoms. The van der Waals surface area contributed by atoms with Crippen LogP contribution < -0.4 is 9.75 Å². The Morgan fingerprint density at radius 2 is 1.38 bits per heavy atom. The van der Waals surface area contributed by atoms with E-state index in [2.05, 4.69) is 166 Å². The largest absolute Gasteiger partial charge is 0.452 e. The molecule has 4 heteroatoms. The van der Waals surface area contributed by atoms with Crippen molar-refractivity contribution in [3.8, 4) is 33.5 Å². The fraction of sp³-hybridized carbons (Fsp3) is 0.0385. The third-order valence-corrected chi connectivity index (χ3v) is 11.5. The molecule has 0 atom stereocenters. The Kier molecular flexibility index (Phi) is 9.40. The molecule has 268 valence electrons. The molecule has 9 aromatic rings. The number of allylic oxidation sites excluding steroid dienone is 6. The molecule has 0 spiro atoms. The normalized spacial score (nSPS) is 13.0. The minimum atomic E-state index is 0.539. The summed E-state index contributed by atoms with van der Waals surface area (Å²) < 4.78 is 8.98. The molecule has 0 aliphatic carbocycles. The Morgan fingerprint density at radius 3 is 2.18 bits per heavy atom. The lowest BCUT2D eigenvalue weighted by atomic mass is 9.97. The first-order valence-electron chi connectivity index (χ1n) is 18.8. The second-order valence-electron chi connectivity index (χ2n) is 13.7. The van der Waals surface area contributed by atoms with Crippen LogP contribution in [-0.4, -0.2) is 9.97 Å². The summed E-state index contributed by atoms with van der Waals surface area (Å²) in [5.41, 5.74) is 10.7. The number of thiophene rings is 1. The topological polar surface area (TPSA) is 38.9 Å². The van der Waals surface area contributed by atoms with Crippen molar-refractivity contribution < 1.29 is 4.42 Å². The number of hydrogen-bond donors (Lipinski definition) is 0. The molecule has 3 aromatic heterocycles. The molecule has 0 fully saturated rings. The summed E-state index contributed by atoms with van der Waals surface area (Å²) in [6.07, 6.45) is 12.8. The molecule has 0 aliphatic rings. The zero-order valence-corrected chi connectivity index (χ0v) is 31.9. The molecule has 0 radical (unpaired) electrons. The lowest BCUT2D eigenvalue weighted by Gasteiger charge is -2.08. The minimum Gasteiger partial charge on any atom is -0.452 e. The highest BCUT2D eigenvalue weighted by atomic mass is 32.1. The highest BCUT2D eigenvalue weighted by molar-refractivity contribution is 7.17. The van der Waals surface area contributed by atoms with Gasteiger partial charge >= 0.3 is 0 Å². The Morgan fingerprint density at radius 1 is 0.661 bits per heavy atom. The van der Waals surface area contributed by atoms with Crippen LogP contribution in [0.2, 0.25) is 0 Å². The van der Waals surface area contributed by atoms with Crippen LogP contribution >= 0.6 is 11.3 Å². The summed E-state index contributed by atoms with van der Waals surface area (Å²) in [5, 5.41) is 5.91. The third kappa shape index (κ3) is 6.51. The van der Waals surface area contributed by atoms with Crippen molar-refractivity contribution in [1.82, 2.24) is 9.97 Å². The maximum Gasteiger partial charge on any atom is 0.180 e. The van der Waals surface area contributed by atoms with Crippen molar-refractivity contribution >= 4 is 65.9 Å². The van der Waals surface area contributed by atoms with Crippen LogP contribution in [0, 0.1) is 0 Å². The molecule has 9 rings (SSSR count). The molecule has 3 heterocycles. The fourth-order valence-corrected chi connectivity index (χ4v) is 8.81. The van der Waals surface area contributed by atoms with Gasteiger partial charge in [0.25, 0.3) is 0 Å². The molecule has 0 aliphatic heterocycles. The quantitative estimate of drug-likeness (QED) is 0.138. The van der Waals surface area contributed by atoms with Gasteiger partial charge in [0, 0.05) is 26.6 Å². The van der Waals surface area contributed by atoms with Crippen molar-refractivity contribution in [2.24, 2.45) is 0 Å². The maximum absolute atomic E-state index is 6.53. The summed E-state index contributed by atoms with van der Waals surface area (Å²) in [4.78, 5) is 10.2. The summed E-state index contributed by atoms with van der Waals surface area (Å²) in [7, 11) is 0. The second-order valence-corrected chi connectivity index (χ2v) is 14.7. The van der Waals surface area contributed by atoms with Gasteiger partial charge in [0.2, 0.25) is 0 Å². The molecule has 0 saturated carbocycles. The van der Waals surface area contributed by atoms with Crippen LogP contribution in [0.5, 0.6) is 0 Å². The summed E-state index contributed by atoms with van der Waals surface area (Å²) in [5.74, 6) is 0.716. The summed E-state index contributed by atoms with van der Waals surface area (Å²) >= 11 is 1.78. The number of nitrogens with zero attached hydrogens (tertiary/aromatic N) is 2. The molecule has 0 N–H and O–H groups in total. The standard InChI is InChI=1S/C52H38N2OS/c1-4-34(42(5-2)52-43(6-3)44-24-13-14-25-47(44)56-52)17-12-15-26-48-53-49(36-19-8-7-9-20-36)51-50(54-48)45-33-41(29-30-46(45)55-51)39-23-16-22-38(32-39)40-28-27-35-18-10-11-21-37(35)31-40/h4-25,27-33H,1-2,26H2,3H3/b15-12-,34-17+,43-6-,52-42-.